The third kappa shape index (κ3) is 6.82. The molecule has 0 bridgehead atoms. The Morgan fingerprint density at radius 1 is 1.07 bits per heavy atom. The number of thiazole rings is 1. The number of aliphatic carboxylic acids is 1. The van der Waals surface area contributed by atoms with Crippen LogP contribution >= 0.6 is 22.7 Å². The van der Waals surface area contributed by atoms with Crippen molar-refractivity contribution < 1.29 is 28.9 Å². The summed E-state index contributed by atoms with van der Waals surface area (Å²) in [7, 11) is 2.92. The lowest BCUT2D eigenvalue weighted by atomic mass is 10.0. The quantitative estimate of drug-likeness (QED) is 0.321. The summed E-state index contributed by atoms with van der Waals surface area (Å²) in [4.78, 5) is 41.3. The molecule has 2 aromatic heterocycles. The molecule has 0 spiro atoms. The zero-order chi connectivity index (χ0) is 29.5. The van der Waals surface area contributed by atoms with Crippen molar-refractivity contribution in [2.45, 2.75) is 26.5 Å². The number of methoxy groups -OCH3 is 2. The van der Waals surface area contributed by atoms with Crippen molar-refractivity contribution in [1.29, 1.82) is 0 Å². The first kappa shape index (κ1) is 29.5. The Morgan fingerprint density at radius 3 is 2.44 bits per heavy atom. The number of nitrogens with zero attached hydrogens (tertiary/aromatic N) is 2. The fourth-order valence-corrected chi connectivity index (χ4v) is 6.06. The van der Waals surface area contributed by atoms with Crippen LogP contribution in [0.15, 0.2) is 87.1 Å². The molecular formula is C30H28N2O7S2. The Balaban J connectivity index is 0.000000909. The third-order valence-corrected chi connectivity index (χ3v) is 7.87. The summed E-state index contributed by atoms with van der Waals surface area (Å²) in [5.41, 5.74) is 2.52. The molecule has 0 amide bonds. The van der Waals surface area contributed by atoms with Crippen molar-refractivity contribution in [3.63, 3.8) is 0 Å². The van der Waals surface area contributed by atoms with Crippen molar-refractivity contribution in [2.24, 2.45) is 4.99 Å². The number of fused-ring (bicyclic) bond motifs is 1. The molecule has 0 saturated heterocycles. The minimum absolute atomic E-state index is 0.223. The maximum atomic E-state index is 13.6. The van der Waals surface area contributed by atoms with Crippen molar-refractivity contribution in [3.8, 4) is 11.5 Å². The Labute approximate surface area is 243 Å². The van der Waals surface area contributed by atoms with Crippen LogP contribution in [-0.2, 0) is 20.9 Å². The molecule has 0 fully saturated rings. The predicted octanol–water partition coefficient (Wildman–Crippen LogP) is 4.15. The Bertz CT molecular complexity index is 1750. The lowest BCUT2D eigenvalue weighted by molar-refractivity contribution is -0.137. The van der Waals surface area contributed by atoms with Crippen LogP contribution in [0.25, 0.3) is 6.08 Å². The number of ether oxygens (including phenoxy) is 3. The molecule has 1 aliphatic rings. The van der Waals surface area contributed by atoms with Gasteiger partial charge in [0.1, 0.15) is 12.6 Å². The van der Waals surface area contributed by atoms with Crippen LogP contribution in [0.5, 0.6) is 11.5 Å². The number of hydrogen-bond donors (Lipinski definition) is 1. The van der Waals surface area contributed by atoms with E-state index in [1.165, 1.54) is 29.8 Å². The third-order valence-electron chi connectivity index (χ3n) is 5.96. The van der Waals surface area contributed by atoms with Gasteiger partial charge >= 0.3 is 5.97 Å². The second kappa shape index (κ2) is 13.2. The predicted molar refractivity (Wildman–Crippen MR) is 157 cm³/mol. The molecule has 212 valence electrons. The van der Waals surface area contributed by atoms with Gasteiger partial charge < -0.3 is 19.3 Å². The highest BCUT2D eigenvalue weighted by Gasteiger charge is 2.33. The molecule has 1 N–H and O–H groups in total. The Kier molecular flexibility index (Phi) is 9.53. The first-order valence-corrected chi connectivity index (χ1v) is 14.1. The number of carboxylic acids is 1. The maximum absolute atomic E-state index is 13.6. The Morgan fingerprint density at radius 2 is 1.80 bits per heavy atom. The molecule has 1 aliphatic heterocycles. The number of aromatic nitrogens is 1. The van der Waals surface area contributed by atoms with E-state index in [0.717, 1.165) is 22.9 Å². The van der Waals surface area contributed by atoms with E-state index in [4.69, 9.17) is 24.1 Å². The average molecular weight is 593 g/mol. The van der Waals surface area contributed by atoms with Crippen molar-refractivity contribution >= 4 is 40.7 Å². The summed E-state index contributed by atoms with van der Waals surface area (Å²) in [5, 5.41) is 9.34. The van der Waals surface area contributed by atoms with E-state index in [1.807, 2.05) is 66.0 Å². The number of carbonyl (C=O) groups excluding carboxylic acids is 1. The second-order valence-electron chi connectivity index (χ2n) is 8.79. The molecule has 2 aromatic carbocycles. The first-order valence-electron chi connectivity index (χ1n) is 12.4. The molecule has 9 nitrogen and oxygen atoms in total. The lowest BCUT2D eigenvalue weighted by Gasteiger charge is -2.22. The molecule has 0 aliphatic carbocycles. The van der Waals surface area contributed by atoms with Crippen molar-refractivity contribution in [1.82, 2.24) is 4.57 Å². The lowest BCUT2D eigenvalue weighted by Crippen LogP contribution is -2.39. The summed E-state index contributed by atoms with van der Waals surface area (Å²) in [6, 6.07) is 18.6. The molecule has 3 heterocycles. The van der Waals surface area contributed by atoms with Gasteiger partial charge in [0.2, 0.25) is 0 Å². The van der Waals surface area contributed by atoms with Crippen LogP contribution in [0.3, 0.4) is 0 Å². The van der Waals surface area contributed by atoms with Gasteiger partial charge in [-0.25, -0.2) is 9.79 Å². The van der Waals surface area contributed by atoms with Crippen LogP contribution in [-0.4, -0.2) is 35.8 Å². The van der Waals surface area contributed by atoms with E-state index in [0.29, 0.717) is 38.7 Å². The van der Waals surface area contributed by atoms with Crippen LogP contribution < -0.4 is 24.4 Å². The van der Waals surface area contributed by atoms with Crippen LogP contribution in [0.4, 0.5) is 0 Å². The molecule has 0 radical (unpaired) electrons. The van der Waals surface area contributed by atoms with Gasteiger partial charge in [-0.05, 0) is 47.7 Å². The van der Waals surface area contributed by atoms with Gasteiger partial charge in [0.05, 0.1) is 30.0 Å². The van der Waals surface area contributed by atoms with E-state index in [2.05, 4.69) is 4.99 Å². The summed E-state index contributed by atoms with van der Waals surface area (Å²) < 4.78 is 18.6. The van der Waals surface area contributed by atoms with Gasteiger partial charge in [0.15, 0.2) is 16.3 Å². The number of allylic oxidation sites excluding steroid dienone is 1. The molecule has 1 atom stereocenters. The molecule has 1 unspecified atom stereocenters. The molecule has 0 saturated carbocycles. The maximum Gasteiger partial charge on any atom is 0.338 e. The summed E-state index contributed by atoms with van der Waals surface area (Å²) >= 11 is 2.76. The van der Waals surface area contributed by atoms with E-state index in [-0.39, 0.29) is 5.56 Å². The summed E-state index contributed by atoms with van der Waals surface area (Å²) in [6.07, 6.45) is 1.80. The van der Waals surface area contributed by atoms with Gasteiger partial charge in [0, 0.05) is 11.8 Å². The van der Waals surface area contributed by atoms with Crippen molar-refractivity contribution in [2.75, 3.05) is 14.2 Å². The highest BCUT2D eigenvalue weighted by molar-refractivity contribution is 7.10. The van der Waals surface area contributed by atoms with Gasteiger partial charge in [-0.2, -0.15) is 0 Å². The highest BCUT2D eigenvalue weighted by atomic mass is 32.1. The molecule has 4 aromatic rings. The highest BCUT2D eigenvalue weighted by Crippen LogP contribution is 2.33. The standard InChI is InChI=1S/C28H24N2O5S2.C2H4O2/c1-17-24(27(32)34-3)25(22-10-7-13-36-22)30-26(31)23(37-28(30)29-17)15-19-11-12-20(21(14-19)33-2)35-16-18-8-5-4-6-9-18;1-2(3)4/h4-15,25H,16H2,1-3H3;1H3,(H,3,4)/b23-15+;. The van der Waals surface area contributed by atoms with Crippen LogP contribution in [0, 0.1) is 0 Å². The molecule has 11 heteroatoms. The summed E-state index contributed by atoms with van der Waals surface area (Å²) in [6.45, 7) is 3.27. The number of rotatable bonds is 7. The Hall–Kier alpha value is -4.48. The van der Waals surface area contributed by atoms with Crippen molar-refractivity contribution in [3.05, 3.63) is 113 Å². The fourth-order valence-electron chi connectivity index (χ4n) is 4.19. The van der Waals surface area contributed by atoms with Crippen LogP contribution in [0.1, 0.15) is 35.9 Å². The zero-order valence-corrected chi connectivity index (χ0v) is 24.5. The number of esters is 1. The smallest absolute Gasteiger partial charge is 0.338 e. The van der Waals surface area contributed by atoms with E-state index in [9.17, 15) is 9.59 Å². The normalized spacial score (nSPS) is 14.3. The minimum Gasteiger partial charge on any atom is -0.493 e. The number of benzene rings is 2. The van der Waals surface area contributed by atoms with Gasteiger partial charge in [-0.1, -0.05) is 53.8 Å². The molecule has 5 rings (SSSR count). The largest absolute Gasteiger partial charge is 0.493 e. The summed E-state index contributed by atoms with van der Waals surface area (Å²) in [5.74, 6) is -0.150. The van der Waals surface area contributed by atoms with E-state index >= 15 is 0 Å². The van der Waals surface area contributed by atoms with E-state index in [1.54, 1.807) is 24.7 Å². The topological polar surface area (TPSA) is 116 Å². The SMILES string of the molecule is CC(=O)O.COC(=O)C1=C(C)N=c2s/c(=C/c3ccc(OCc4ccccc4)c(OC)c3)c(=O)n2C1c1cccs1. The number of carboxylic acid groups (broad SMARTS) is 1. The number of thiophene rings is 1. The fraction of sp³-hybridized carbons (Fsp3) is 0.200. The number of carbonyl (C=O) groups is 2. The first-order chi connectivity index (χ1) is 19.7. The minimum atomic E-state index is -0.833. The monoisotopic (exact) mass is 592 g/mol. The van der Waals surface area contributed by atoms with E-state index < -0.39 is 18.0 Å². The molecular weight excluding hydrogens is 564 g/mol. The van der Waals surface area contributed by atoms with Gasteiger partial charge in [-0.3, -0.25) is 14.2 Å². The number of hydrogen-bond acceptors (Lipinski definition) is 9. The van der Waals surface area contributed by atoms with Gasteiger partial charge in [-0.15, -0.1) is 11.3 Å². The average Bonchev–Trinajstić information content (AvgIpc) is 3.60. The van der Waals surface area contributed by atoms with Crippen LogP contribution in [0.2, 0.25) is 0 Å². The zero-order valence-electron chi connectivity index (χ0n) is 22.8. The van der Waals surface area contributed by atoms with Gasteiger partial charge in [0.25, 0.3) is 11.5 Å². The molecule has 41 heavy (non-hydrogen) atoms. The second-order valence-corrected chi connectivity index (χ2v) is 10.8.